The Hall–Kier alpha value is -3.41. The molecule has 0 aliphatic carbocycles. The second-order valence-electron chi connectivity index (χ2n) is 6.68. The average molecular weight is 359 g/mol. The van der Waals surface area contributed by atoms with E-state index in [1.807, 2.05) is 43.5 Å². The van der Waals surface area contributed by atoms with Crippen LogP contribution >= 0.6 is 0 Å². The molecule has 0 radical (unpaired) electrons. The third kappa shape index (κ3) is 3.89. The van der Waals surface area contributed by atoms with Crippen LogP contribution in [-0.2, 0) is 13.0 Å². The Balaban J connectivity index is 1.40. The standard InChI is InChI=1S/C21H21N5O/c1-15(12-17-7-4-5-10-22-17)23-21(27)19-13-18(24-25-19)14-26-11-9-16-6-2-3-8-20(16)26/h2-11,13,15H,12,14H2,1H3,(H,23,27)(H,24,25). The van der Waals surface area contributed by atoms with Crippen LogP contribution in [-0.4, -0.2) is 31.7 Å². The number of hydrogen-bond donors (Lipinski definition) is 2. The summed E-state index contributed by atoms with van der Waals surface area (Å²) in [5.41, 5.74) is 3.39. The minimum atomic E-state index is -0.182. The van der Waals surface area contributed by atoms with Crippen molar-refractivity contribution < 1.29 is 4.79 Å². The number of hydrogen-bond acceptors (Lipinski definition) is 3. The maximum atomic E-state index is 12.5. The average Bonchev–Trinajstić information content (AvgIpc) is 3.30. The van der Waals surface area contributed by atoms with Gasteiger partial charge in [-0.3, -0.25) is 14.9 Å². The lowest BCUT2D eigenvalue weighted by Crippen LogP contribution is -2.34. The fourth-order valence-corrected chi connectivity index (χ4v) is 3.20. The molecule has 1 aromatic carbocycles. The lowest BCUT2D eigenvalue weighted by molar-refractivity contribution is 0.0935. The van der Waals surface area contributed by atoms with E-state index in [4.69, 9.17) is 0 Å². The number of nitrogens with zero attached hydrogens (tertiary/aromatic N) is 3. The summed E-state index contributed by atoms with van der Waals surface area (Å²) < 4.78 is 2.13. The molecule has 136 valence electrons. The Morgan fingerprint density at radius 1 is 1.19 bits per heavy atom. The van der Waals surface area contributed by atoms with E-state index in [9.17, 15) is 4.79 Å². The fourth-order valence-electron chi connectivity index (χ4n) is 3.20. The number of aromatic amines is 1. The molecule has 3 aromatic heterocycles. The molecule has 27 heavy (non-hydrogen) atoms. The van der Waals surface area contributed by atoms with Gasteiger partial charge in [0, 0.05) is 36.1 Å². The maximum absolute atomic E-state index is 12.5. The minimum Gasteiger partial charge on any atom is -0.348 e. The number of amides is 1. The summed E-state index contributed by atoms with van der Waals surface area (Å²) in [5.74, 6) is -0.182. The van der Waals surface area contributed by atoms with Crippen molar-refractivity contribution in [2.75, 3.05) is 0 Å². The third-order valence-corrected chi connectivity index (χ3v) is 4.50. The van der Waals surface area contributed by atoms with Gasteiger partial charge in [0.25, 0.3) is 5.91 Å². The van der Waals surface area contributed by atoms with Gasteiger partial charge in [-0.2, -0.15) is 5.10 Å². The summed E-state index contributed by atoms with van der Waals surface area (Å²) in [6, 6.07) is 17.9. The number of aromatic nitrogens is 4. The Morgan fingerprint density at radius 3 is 2.89 bits per heavy atom. The lowest BCUT2D eigenvalue weighted by atomic mass is 10.1. The minimum absolute atomic E-state index is 0.0269. The third-order valence-electron chi connectivity index (χ3n) is 4.50. The number of benzene rings is 1. The number of para-hydroxylation sites is 1. The Morgan fingerprint density at radius 2 is 2.04 bits per heavy atom. The van der Waals surface area contributed by atoms with Gasteiger partial charge in [-0.1, -0.05) is 24.3 Å². The monoisotopic (exact) mass is 359 g/mol. The van der Waals surface area contributed by atoms with E-state index in [2.05, 4.69) is 43.3 Å². The van der Waals surface area contributed by atoms with E-state index in [1.54, 1.807) is 12.3 Å². The normalized spacial score (nSPS) is 12.2. The van der Waals surface area contributed by atoms with Crippen molar-refractivity contribution in [2.24, 2.45) is 0 Å². The molecule has 1 unspecified atom stereocenters. The highest BCUT2D eigenvalue weighted by Gasteiger charge is 2.14. The Labute approximate surface area is 157 Å². The first-order valence-corrected chi connectivity index (χ1v) is 8.98. The van der Waals surface area contributed by atoms with Crippen LogP contribution < -0.4 is 5.32 Å². The van der Waals surface area contributed by atoms with Crippen LogP contribution in [0.5, 0.6) is 0 Å². The van der Waals surface area contributed by atoms with Crippen molar-refractivity contribution in [3.8, 4) is 0 Å². The molecule has 6 nitrogen and oxygen atoms in total. The molecule has 6 heteroatoms. The second kappa shape index (κ2) is 7.45. The van der Waals surface area contributed by atoms with Crippen LogP contribution in [0.1, 0.15) is 28.8 Å². The van der Waals surface area contributed by atoms with Crippen LogP contribution in [0.3, 0.4) is 0 Å². The van der Waals surface area contributed by atoms with Gasteiger partial charge in [0.1, 0.15) is 5.69 Å². The molecule has 1 amide bonds. The first-order valence-electron chi connectivity index (χ1n) is 8.98. The van der Waals surface area contributed by atoms with E-state index in [0.29, 0.717) is 18.7 Å². The highest BCUT2D eigenvalue weighted by molar-refractivity contribution is 5.92. The van der Waals surface area contributed by atoms with Gasteiger partial charge in [0.05, 0.1) is 12.2 Å². The molecule has 0 aliphatic heterocycles. The summed E-state index contributed by atoms with van der Waals surface area (Å²) in [6.07, 6.45) is 4.48. The molecule has 0 saturated carbocycles. The molecule has 4 aromatic rings. The number of pyridine rings is 1. The number of carbonyl (C=O) groups excluding carboxylic acids is 1. The summed E-state index contributed by atoms with van der Waals surface area (Å²) >= 11 is 0. The molecule has 4 rings (SSSR count). The van der Waals surface area contributed by atoms with Crippen molar-refractivity contribution in [3.63, 3.8) is 0 Å². The van der Waals surface area contributed by atoms with Gasteiger partial charge in [-0.25, -0.2) is 0 Å². The zero-order valence-electron chi connectivity index (χ0n) is 15.1. The van der Waals surface area contributed by atoms with Gasteiger partial charge in [0.2, 0.25) is 0 Å². The van der Waals surface area contributed by atoms with Gasteiger partial charge in [-0.15, -0.1) is 0 Å². The van der Waals surface area contributed by atoms with E-state index in [1.165, 1.54) is 5.39 Å². The van der Waals surface area contributed by atoms with Crippen LogP contribution in [0, 0.1) is 0 Å². The molecule has 0 bridgehead atoms. The highest BCUT2D eigenvalue weighted by Crippen LogP contribution is 2.16. The predicted octanol–water partition coefficient (Wildman–Crippen LogP) is 3.17. The van der Waals surface area contributed by atoms with E-state index >= 15 is 0 Å². The summed E-state index contributed by atoms with van der Waals surface area (Å²) in [5, 5.41) is 11.3. The fraction of sp³-hybridized carbons (Fsp3) is 0.190. The summed E-state index contributed by atoms with van der Waals surface area (Å²) in [4.78, 5) is 16.7. The molecule has 1 atom stereocenters. The van der Waals surface area contributed by atoms with E-state index in [0.717, 1.165) is 16.9 Å². The van der Waals surface area contributed by atoms with Gasteiger partial charge in [0.15, 0.2) is 0 Å². The zero-order chi connectivity index (χ0) is 18.6. The van der Waals surface area contributed by atoms with E-state index in [-0.39, 0.29) is 11.9 Å². The number of fused-ring (bicyclic) bond motifs is 1. The molecule has 0 saturated heterocycles. The van der Waals surface area contributed by atoms with Crippen molar-refractivity contribution in [3.05, 3.63) is 84.1 Å². The smallest absolute Gasteiger partial charge is 0.271 e. The second-order valence-corrected chi connectivity index (χ2v) is 6.68. The van der Waals surface area contributed by atoms with E-state index < -0.39 is 0 Å². The van der Waals surface area contributed by atoms with Crippen molar-refractivity contribution in [2.45, 2.75) is 25.9 Å². The van der Waals surface area contributed by atoms with Crippen LogP contribution in [0.4, 0.5) is 0 Å². The van der Waals surface area contributed by atoms with Gasteiger partial charge in [-0.05, 0) is 42.6 Å². The Bertz CT molecular complexity index is 1050. The first-order chi connectivity index (χ1) is 13.2. The van der Waals surface area contributed by atoms with Crippen molar-refractivity contribution >= 4 is 16.8 Å². The summed E-state index contributed by atoms with van der Waals surface area (Å²) in [6.45, 7) is 2.60. The van der Waals surface area contributed by atoms with Crippen LogP contribution in [0.25, 0.3) is 10.9 Å². The highest BCUT2D eigenvalue weighted by atomic mass is 16.2. The number of rotatable bonds is 6. The summed E-state index contributed by atoms with van der Waals surface area (Å²) in [7, 11) is 0. The zero-order valence-corrected chi connectivity index (χ0v) is 15.1. The number of carbonyl (C=O) groups is 1. The molecule has 0 fully saturated rings. The van der Waals surface area contributed by atoms with Crippen molar-refractivity contribution in [1.82, 2.24) is 25.1 Å². The molecule has 2 N–H and O–H groups in total. The first kappa shape index (κ1) is 17.0. The van der Waals surface area contributed by atoms with Crippen LogP contribution in [0.15, 0.2) is 67.0 Å². The number of nitrogens with one attached hydrogen (secondary N) is 2. The Kier molecular flexibility index (Phi) is 4.70. The van der Waals surface area contributed by atoms with Gasteiger partial charge >= 0.3 is 0 Å². The molecule has 0 aliphatic rings. The topological polar surface area (TPSA) is 75.6 Å². The maximum Gasteiger partial charge on any atom is 0.271 e. The number of H-pyrrole nitrogens is 1. The van der Waals surface area contributed by atoms with Gasteiger partial charge < -0.3 is 9.88 Å². The predicted molar refractivity (Wildman–Crippen MR) is 104 cm³/mol. The quantitative estimate of drug-likeness (QED) is 0.555. The lowest BCUT2D eigenvalue weighted by Gasteiger charge is -2.12. The molecular formula is C21H21N5O. The molecule has 0 spiro atoms. The SMILES string of the molecule is CC(Cc1ccccn1)NC(=O)c1cc(Cn2ccc3ccccc32)[nH]n1. The largest absolute Gasteiger partial charge is 0.348 e. The van der Waals surface area contributed by atoms with Crippen molar-refractivity contribution in [1.29, 1.82) is 0 Å². The molecule has 3 heterocycles. The molecular weight excluding hydrogens is 338 g/mol. The van der Waals surface area contributed by atoms with Crippen LogP contribution in [0.2, 0.25) is 0 Å².